The molecule has 0 bridgehead atoms. The predicted octanol–water partition coefficient (Wildman–Crippen LogP) is 2.87. The van der Waals surface area contributed by atoms with Crippen LogP contribution in [-0.4, -0.2) is 19.8 Å². The summed E-state index contributed by atoms with van der Waals surface area (Å²) in [5.41, 5.74) is 2.52. The van der Waals surface area contributed by atoms with Crippen LogP contribution in [0.3, 0.4) is 0 Å². The number of tetrazole rings is 1. The number of benzene rings is 2. The first-order valence-corrected chi connectivity index (χ1v) is 8.54. The van der Waals surface area contributed by atoms with E-state index in [9.17, 15) is 9.18 Å². The van der Waals surface area contributed by atoms with E-state index in [0.29, 0.717) is 11.6 Å². The van der Waals surface area contributed by atoms with Gasteiger partial charge in [0.05, 0.1) is 11.3 Å². The van der Waals surface area contributed by atoms with Gasteiger partial charge >= 0.3 is 5.69 Å². The molecule has 134 valence electrons. The minimum atomic E-state index is -0.444. The highest BCUT2D eigenvalue weighted by Gasteiger charge is 2.27. The largest absolute Gasteiger partial charge is 0.488 e. The molecule has 0 amide bonds. The van der Waals surface area contributed by atoms with E-state index in [-0.39, 0.29) is 12.2 Å². The highest BCUT2D eigenvalue weighted by Crippen LogP contribution is 2.44. The molecule has 0 aliphatic heterocycles. The van der Waals surface area contributed by atoms with Gasteiger partial charge in [0.1, 0.15) is 18.2 Å². The van der Waals surface area contributed by atoms with E-state index in [1.807, 2.05) is 19.1 Å². The van der Waals surface area contributed by atoms with Crippen molar-refractivity contribution in [3.05, 3.63) is 69.4 Å². The van der Waals surface area contributed by atoms with Gasteiger partial charge in [-0.3, -0.25) is 0 Å². The van der Waals surface area contributed by atoms with Crippen LogP contribution >= 0.6 is 0 Å². The molecule has 1 aliphatic rings. The third kappa shape index (κ3) is 3.00. The van der Waals surface area contributed by atoms with Crippen LogP contribution in [0.2, 0.25) is 0 Å². The molecule has 0 atom stereocenters. The molecule has 1 aromatic heterocycles. The van der Waals surface area contributed by atoms with Crippen molar-refractivity contribution >= 4 is 0 Å². The monoisotopic (exact) mass is 354 g/mol. The van der Waals surface area contributed by atoms with Gasteiger partial charge in [0, 0.05) is 7.05 Å². The van der Waals surface area contributed by atoms with Crippen molar-refractivity contribution in [3.8, 4) is 11.4 Å². The van der Waals surface area contributed by atoms with E-state index >= 15 is 0 Å². The minimum Gasteiger partial charge on any atom is -0.488 e. The molecule has 0 radical (unpaired) electrons. The first kappa shape index (κ1) is 16.5. The zero-order valence-electron chi connectivity index (χ0n) is 14.6. The van der Waals surface area contributed by atoms with Crippen LogP contribution in [0.5, 0.6) is 5.75 Å². The Morgan fingerprint density at radius 2 is 2.04 bits per heavy atom. The number of hydrogen-bond acceptors (Lipinski definition) is 4. The molecule has 1 aliphatic carbocycles. The Kier molecular flexibility index (Phi) is 4.06. The summed E-state index contributed by atoms with van der Waals surface area (Å²) in [5.74, 6) is 0.839. The third-order valence-electron chi connectivity index (χ3n) is 4.60. The van der Waals surface area contributed by atoms with Gasteiger partial charge < -0.3 is 4.74 Å². The zero-order chi connectivity index (χ0) is 18.3. The Balaban J connectivity index is 1.68. The summed E-state index contributed by atoms with van der Waals surface area (Å²) in [6, 6.07) is 10.6. The number of aromatic nitrogens is 4. The number of hydrogen-bond donors (Lipinski definition) is 0. The van der Waals surface area contributed by atoms with Crippen LogP contribution in [0.15, 0.2) is 41.2 Å². The molecule has 3 aromatic rings. The minimum absolute atomic E-state index is 0.00774. The third-order valence-corrected chi connectivity index (χ3v) is 4.60. The smallest absolute Gasteiger partial charge is 0.368 e. The topological polar surface area (TPSA) is 61.9 Å². The van der Waals surface area contributed by atoms with Gasteiger partial charge in [-0.05, 0) is 59.9 Å². The number of halogens is 1. The molecule has 0 unspecified atom stereocenters. The van der Waals surface area contributed by atoms with Crippen LogP contribution in [0.25, 0.3) is 5.69 Å². The maximum absolute atomic E-state index is 14.5. The lowest BCUT2D eigenvalue weighted by Gasteiger charge is -2.14. The van der Waals surface area contributed by atoms with Gasteiger partial charge in [-0.15, -0.1) is 0 Å². The summed E-state index contributed by atoms with van der Waals surface area (Å²) < 4.78 is 22.6. The number of nitrogens with zero attached hydrogens (tertiary/aromatic N) is 4. The van der Waals surface area contributed by atoms with Gasteiger partial charge in [0.2, 0.25) is 0 Å². The fraction of sp³-hybridized carbons (Fsp3) is 0.316. The molecule has 26 heavy (non-hydrogen) atoms. The Morgan fingerprint density at radius 3 is 2.73 bits per heavy atom. The lowest BCUT2D eigenvalue weighted by molar-refractivity contribution is 0.296. The highest BCUT2D eigenvalue weighted by atomic mass is 19.1. The van der Waals surface area contributed by atoms with Gasteiger partial charge in [0.25, 0.3) is 0 Å². The quantitative estimate of drug-likeness (QED) is 0.707. The molecule has 7 heteroatoms. The summed E-state index contributed by atoms with van der Waals surface area (Å²) in [7, 11) is 1.50. The SMILES string of the molecule is Cc1ccc(OCc2c(F)cccc2-n2nnn(C)c2=O)c(C2CC2)c1. The fourth-order valence-corrected chi connectivity index (χ4v) is 3.02. The summed E-state index contributed by atoms with van der Waals surface area (Å²) in [4.78, 5) is 12.1. The van der Waals surface area contributed by atoms with Crippen molar-refractivity contribution in [2.75, 3.05) is 0 Å². The van der Waals surface area contributed by atoms with E-state index in [1.165, 1.54) is 30.3 Å². The normalized spacial score (nSPS) is 13.8. The van der Waals surface area contributed by atoms with Crippen molar-refractivity contribution in [3.63, 3.8) is 0 Å². The second-order valence-corrected chi connectivity index (χ2v) is 6.64. The predicted molar refractivity (Wildman–Crippen MR) is 94.0 cm³/mol. The van der Waals surface area contributed by atoms with Crippen molar-refractivity contribution in [1.29, 1.82) is 0 Å². The van der Waals surface area contributed by atoms with Crippen LogP contribution < -0.4 is 10.4 Å². The molecular formula is C19H19FN4O2. The molecule has 0 spiro atoms. The molecule has 0 N–H and O–H groups in total. The second kappa shape index (κ2) is 6.40. The summed E-state index contributed by atoms with van der Waals surface area (Å²) >= 11 is 0. The highest BCUT2D eigenvalue weighted by molar-refractivity contribution is 5.43. The molecule has 2 aromatic carbocycles. The zero-order valence-corrected chi connectivity index (χ0v) is 14.6. The van der Waals surface area contributed by atoms with E-state index in [2.05, 4.69) is 16.5 Å². The average Bonchev–Trinajstić information content (AvgIpc) is 3.41. The standard InChI is InChI=1S/C19H19FN4O2/c1-12-6-9-18(14(10-12)13-7-8-13)26-11-15-16(20)4-3-5-17(15)24-19(25)23(2)21-22-24/h3-6,9-10,13H,7-8,11H2,1-2H3. The van der Waals surface area contributed by atoms with E-state index in [4.69, 9.17) is 4.74 Å². The van der Waals surface area contributed by atoms with Crippen molar-refractivity contribution < 1.29 is 9.13 Å². The molecule has 1 saturated carbocycles. The van der Waals surface area contributed by atoms with Crippen LogP contribution in [0, 0.1) is 12.7 Å². The lowest BCUT2D eigenvalue weighted by Crippen LogP contribution is -2.23. The van der Waals surface area contributed by atoms with Crippen LogP contribution in [-0.2, 0) is 13.7 Å². The number of aryl methyl sites for hydroxylation is 2. The Hall–Kier alpha value is -2.96. The Morgan fingerprint density at radius 1 is 1.23 bits per heavy atom. The Bertz CT molecular complexity index is 1020. The van der Waals surface area contributed by atoms with Gasteiger partial charge in [-0.25, -0.2) is 9.18 Å². The molecule has 1 heterocycles. The summed E-state index contributed by atoms with van der Waals surface area (Å²) in [6.07, 6.45) is 2.31. The maximum Gasteiger partial charge on any atom is 0.368 e. The van der Waals surface area contributed by atoms with E-state index < -0.39 is 11.5 Å². The molecular weight excluding hydrogens is 335 g/mol. The average molecular weight is 354 g/mol. The first-order valence-electron chi connectivity index (χ1n) is 8.54. The van der Waals surface area contributed by atoms with Gasteiger partial charge in [-0.2, -0.15) is 9.36 Å². The number of rotatable bonds is 5. The summed E-state index contributed by atoms with van der Waals surface area (Å²) in [6.45, 7) is 2.05. The van der Waals surface area contributed by atoms with Crippen molar-refractivity contribution in [1.82, 2.24) is 19.8 Å². The van der Waals surface area contributed by atoms with Crippen LogP contribution in [0.4, 0.5) is 4.39 Å². The fourth-order valence-electron chi connectivity index (χ4n) is 3.02. The van der Waals surface area contributed by atoms with Crippen molar-refractivity contribution in [2.45, 2.75) is 32.3 Å². The Labute approximate surface area is 149 Å². The van der Waals surface area contributed by atoms with Gasteiger partial charge in [-0.1, -0.05) is 23.8 Å². The lowest BCUT2D eigenvalue weighted by atomic mass is 10.1. The molecule has 0 saturated heterocycles. The van der Waals surface area contributed by atoms with E-state index in [0.717, 1.165) is 28.0 Å². The van der Waals surface area contributed by atoms with E-state index in [1.54, 1.807) is 6.07 Å². The second-order valence-electron chi connectivity index (χ2n) is 6.64. The van der Waals surface area contributed by atoms with Crippen molar-refractivity contribution in [2.24, 2.45) is 7.05 Å². The van der Waals surface area contributed by atoms with Gasteiger partial charge in [0.15, 0.2) is 0 Å². The van der Waals surface area contributed by atoms with Crippen LogP contribution in [0.1, 0.15) is 35.4 Å². The maximum atomic E-state index is 14.5. The summed E-state index contributed by atoms with van der Waals surface area (Å²) in [5, 5.41) is 7.50. The first-order chi connectivity index (χ1) is 12.5. The molecule has 6 nitrogen and oxygen atoms in total. The number of ether oxygens (including phenoxy) is 1. The molecule has 1 fully saturated rings. The molecule has 4 rings (SSSR count).